The fourth-order valence-corrected chi connectivity index (χ4v) is 7.39. The van der Waals surface area contributed by atoms with Crippen LogP contribution in [0.2, 0.25) is 0 Å². The monoisotopic (exact) mass is 861 g/mol. The molecule has 0 aromatic heterocycles. The average molecular weight is 861 g/mol. The first-order chi connectivity index (χ1) is 29.9. The van der Waals surface area contributed by atoms with Crippen molar-refractivity contribution in [2.24, 2.45) is 0 Å². The quantitative estimate of drug-likeness (QED) is 0.0278. The zero-order chi connectivity index (χ0) is 45.0. The summed E-state index contributed by atoms with van der Waals surface area (Å²) in [5.41, 5.74) is 1.50. The van der Waals surface area contributed by atoms with Gasteiger partial charge in [-0.2, -0.15) is 0 Å². The predicted octanol–water partition coefficient (Wildman–Crippen LogP) is 11.1. The van der Waals surface area contributed by atoms with Crippen LogP contribution in [0.4, 0.5) is 0 Å². The van der Waals surface area contributed by atoms with Crippen LogP contribution in [0.25, 0.3) is 0 Å². The van der Waals surface area contributed by atoms with Crippen LogP contribution < -0.4 is 14.2 Å². The van der Waals surface area contributed by atoms with Gasteiger partial charge in [-0.3, -0.25) is 14.4 Å². The van der Waals surface area contributed by atoms with E-state index in [-0.39, 0.29) is 59.5 Å². The van der Waals surface area contributed by atoms with Gasteiger partial charge in [-0.05, 0) is 95.5 Å². The summed E-state index contributed by atoms with van der Waals surface area (Å²) in [7, 11) is 0. The van der Waals surface area contributed by atoms with Crippen molar-refractivity contribution < 1.29 is 52.5 Å². The second kappa shape index (κ2) is 30.4. The number of ketones is 6. The van der Waals surface area contributed by atoms with Gasteiger partial charge in [0, 0.05) is 44.1 Å². The molecule has 1 aliphatic rings. The molecule has 0 spiro atoms. The Hall–Kier alpha value is -4.67. The van der Waals surface area contributed by atoms with E-state index in [1.807, 2.05) is 0 Å². The highest BCUT2D eigenvalue weighted by Gasteiger charge is 2.36. The van der Waals surface area contributed by atoms with Crippen molar-refractivity contribution in [1.82, 2.24) is 0 Å². The van der Waals surface area contributed by atoms with Crippen LogP contribution in [0.15, 0.2) is 36.4 Å². The summed E-state index contributed by atoms with van der Waals surface area (Å²) in [4.78, 5) is 84.2. The van der Waals surface area contributed by atoms with Crippen LogP contribution in [0, 0.1) is 0 Å². The second-order valence-electron chi connectivity index (χ2n) is 16.9. The van der Waals surface area contributed by atoms with Gasteiger partial charge in [0.15, 0.2) is 28.8 Å². The number of hydrogen-bond acceptors (Lipinski definition) is 11. The third-order valence-corrected chi connectivity index (χ3v) is 11.1. The standard InChI is InChI=1S/C51H72O11/c1-38(52)22-16-10-4-7-13-19-33-59-47-36-43(44(55)30-27-41-25-28-42(29-26-41)51(58)62-49-45(56)31-32-46(49)57)37-48(60-34-20-14-8-5-11-17-23-39(2)53)50(47)61-35-21-15-9-6-12-18-24-40(3)54/h25-26,28-29,36-37,49H,4-24,27,30-35H2,1-3H3. The Morgan fingerprint density at radius 2 is 0.871 bits per heavy atom. The molecule has 0 unspecified atom stereocenters. The Balaban J connectivity index is 1.70. The molecule has 3 rings (SSSR count). The fourth-order valence-electron chi connectivity index (χ4n) is 7.39. The fraction of sp³-hybridized carbons (Fsp3) is 0.627. The number of carbonyl (C=O) groups excluding carboxylic acids is 7. The Morgan fingerprint density at radius 3 is 1.29 bits per heavy atom. The van der Waals surface area contributed by atoms with E-state index in [0.29, 0.717) is 68.3 Å². The summed E-state index contributed by atoms with van der Waals surface area (Å²) in [6.45, 7) is 6.25. The Labute approximate surface area is 369 Å². The first-order valence-electron chi connectivity index (χ1n) is 23.4. The van der Waals surface area contributed by atoms with E-state index in [1.165, 1.54) is 0 Å². The Bertz CT molecular complexity index is 1660. The van der Waals surface area contributed by atoms with Crippen molar-refractivity contribution >= 4 is 40.7 Å². The minimum absolute atomic E-state index is 0.0851. The Kier molecular flexibility index (Phi) is 25.3. The Morgan fingerprint density at radius 1 is 0.484 bits per heavy atom. The highest BCUT2D eigenvalue weighted by atomic mass is 16.6. The number of unbranched alkanes of at least 4 members (excludes halogenated alkanes) is 15. The van der Waals surface area contributed by atoms with E-state index in [9.17, 15) is 33.6 Å². The largest absolute Gasteiger partial charge is 0.490 e. The van der Waals surface area contributed by atoms with Crippen molar-refractivity contribution in [3.05, 3.63) is 53.1 Å². The minimum atomic E-state index is -1.33. The molecule has 1 fully saturated rings. The summed E-state index contributed by atoms with van der Waals surface area (Å²) in [6.07, 6.45) is 19.0. The summed E-state index contributed by atoms with van der Waals surface area (Å²) in [5, 5.41) is 0. The number of ether oxygens (including phenoxy) is 4. The number of rotatable bonds is 36. The molecule has 0 saturated heterocycles. The van der Waals surface area contributed by atoms with Crippen LogP contribution in [-0.4, -0.2) is 66.6 Å². The smallest absolute Gasteiger partial charge is 0.339 e. The molecule has 0 N–H and O–H groups in total. The van der Waals surface area contributed by atoms with Crippen LogP contribution in [0.3, 0.4) is 0 Å². The summed E-state index contributed by atoms with van der Waals surface area (Å²) >= 11 is 0. The first kappa shape index (κ1) is 51.7. The number of aryl methyl sites for hydroxylation is 1. The van der Waals surface area contributed by atoms with Crippen LogP contribution in [-0.2, 0) is 35.1 Å². The van der Waals surface area contributed by atoms with Gasteiger partial charge in [-0.1, -0.05) is 89.2 Å². The number of Topliss-reactive ketones (excluding diaryl/α,β-unsaturated/α-hetero) is 6. The van der Waals surface area contributed by atoms with Gasteiger partial charge >= 0.3 is 5.97 Å². The highest BCUT2D eigenvalue weighted by molar-refractivity contribution is 6.13. The van der Waals surface area contributed by atoms with Gasteiger partial charge in [-0.15, -0.1) is 0 Å². The molecule has 2 aromatic carbocycles. The van der Waals surface area contributed by atoms with E-state index < -0.39 is 12.1 Å². The van der Waals surface area contributed by atoms with Gasteiger partial charge in [0.05, 0.1) is 25.4 Å². The van der Waals surface area contributed by atoms with Crippen LogP contribution in [0.1, 0.15) is 201 Å². The zero-order valence-electron chi connectivity index (χ0n) is 37.8. The number of esters is 1. The molecule has 0 radical (unpaired) electrons. The van der Waals surface area contributed by atoms with E-state index in [0.717, 1.165) is 121 Å². The molecule has 0 atom stereocenters. The van der Waals surface area contributed by atoms with Gasteiger partial charge < -0.3 is 33.3 Å². The number of hydrogen-bond donors (Lipinski definition) is 0. The molecule has 11 nitrogen and oxygen atoms in total. The summed E-state index contributed by atoms with van der Waals surface area (Å²) < 4.78 is 24.4. The van der Waals surface area contributed by atoms with E-state index in [4.69, 9.17) is 18.9 Å². The summed E-state index contributed by atoms with van der Waals surface area (Å²) in [6, 6.07) is 10.1. The van der Waals surface area contributed by atoms with Crippen molar-refractivity contribution in [1.29, 1.82) is 0 Å². The molecular formula is C51H72O11. The molecule has 1 saturated carbocycles. The van der Waals surface area contributed by atoms with E-state index in [1.54, 1.807) is 57.2 Å². The molecule has 2 aromatic rings. The third-order valence-electron chi connectivity index (χ3n) is 11.1. The molecule has 0 aliphatic heterocycles. The maximum atomic E-state index is 13.8. The van der Waals surface area contributed by atoms with Crippen molar-refractivity contribution in [3.8, 4) is 17.2 Å². The maximum Gasteiger partial charge on any atom is 0.339 e. The van der Waals surface area contributed by atoms with Gasteiger partial charge in [0.2, 0.25) is 11.9 Å². The second-order valence-corrected chi connectivity index (χ2v) is 16.9. The average Bonchev–Trinajstić information content (AvgIpc) is 3.56. The minimum Gasteiger partial charge on any atom is -0.490 e. The summed E-state index contributed by atoms with van der Waals surface area (Å²) in [5.74, 6) is 0.537. The number of carbonyl (C=O) groups is 7. The van der Waals surface area contributed by atoms with Crippen LogP contribution in [0.5, 0.6) is 17.2 Å². The van der Waals surface area contributed by atoms with Gasteiger partial charge in [0.25, 0.3) is 0 Å². The van der Waals surface area contributed by atoms with Gasteiger partial charge in [0.1, 0.15) is 17.3 Å². The van der Waals surface area contributed by atoms with E-state index in [2.05, 4.69) is 0 Å². The lowest BCUT2D eigenvalue weighted by Gasteiger charge is -2.19. The molecule has 1 aliphatic carbocycles. The molecular weight excluding hydrogens is 789 g/mol. The molecule has 11 heteroatoms. The molecule has 0 bridgehead atoms. The van der Waals surface area contributed by atoms with Crippen molar-refractivity contribution in [2.45, 2.75) is 187 Å². The maximum absolute atomic E-state index is 13.8. The lowest BCUT2D eigenvalue weighted by molar-refractivity contribution is -0.133. The number of benzene rings is 2. The predicted molar refractivity (Wildman–Crippen MR) is 239 cm³/mol. The molecule has 62 heavy (non-hydrogen) atoms. The lowest BCUT2D eigenvalue weighted by atomic mass is 10.0. The third kappa shape index (κ3) is 21.4. The zero-order valence-corrected chi connectivity index (χ0v) is 37.8. The topological polar surface area (TPSA) is 156 Å². The SMILES string of the molecule is CC(=O)CCCCCCCCOc1cc(C(=O)CCc2ccc(C(=O)OC3C(=O)CCC3=O)cc2)cc(OCCCCCCCCC(C)=O)c1OCCCCCCCCC(C)=O. The molecule has 342 valence electrons. The lowest BCUT2D eigenvalue weighted by Crippen LogP contribution is -2.28. The van der Waals surface area contributed by atoms with Gasteiger partial charge in [-0.25, -0.2) is 4.79 Å². The highest BCUT2D eigenvalue weighted by Crippen LogP contribution is 2.40. The van der Waals surface area contributed by atoms with E-state index >= 15 is 0 Å². The first-order valence-corrected chi connectivity index (χ1v) is 23.4. The normalized spacial score (nSPS) is 12.7. The molecule has 0 amide bonds. The van der Waals surface area contributed by atoms with Crippen molar-refractivity contribution in [2.75, 3.05) is 19.8 Å². The van der Waals surface area contributed by atoms with Crippen molar-refractivity contribution in [3.63, 3.8) is 0 Å². The van der Waals surface area contributed by atoms with Crippen LogP contribution >= 0.6 is 0 Å². The molecule has 0 heterocycles.